The van der Waals surface area contributed by atoms with E-state index < -0.39 is 0 Å². The van der Waals surface area contributed by atoms with E-state index in [1.807, 2.05) is 7.05 Å². The highest BCUT2D eigenvalue weighted by Gasteiger charge is 2.34. The molecule has 1 aromatic rings. The number of rotatable bonds is 5. The fraction of sp³-hybridized carbons (Fsp3) is 0.810. The highest BCUT2D eigenvalue weighted by Crippen LogP contribution is 2.31. The van der Waals surface area contributed by atoms with Crippen molar-refractivity contribution in [3.8, 4) is 0 Å². The first-order valence-corrected chi connectivity index (χ1v) is 10.6. The number of likely N-dealkylation sites (N-methyl/N-ethyl adjacent to an activating group) is 1. The number of nitrogens with zero attached hydrogens (tertiary/aromatic N) is 4. The van der Waals surface area contributed by atoms with Gasteiger partial charge in [-0.2, -0.15) is 5.10 Å². The molecule has 0 bridgehead atoms. The third-order valence-corrected chi connectivity index (χ3v) is 6.51. The van der Waals surface area contributed by atoms with Crippen LogP contribution in [0.3, 0.4) is 0 Å². The van der Waals surface area contributed by atoms with Crippen molar-refractivity contribution in [3.05, 3.63) is 17.5 Å². The van der Waals surface area contributed by atoms with E-state index in [4.69, 9.17) is 5.10 Å². The van der Waals surface area contributed by atoms with Gasteiger partial charge in [0, 0.05) is 43.8 Å². The van der Waals surface area contributed by atoms with Crippen LogP contribution in [0.25, 0.3) is 0 Å². The maximum Gasteiger partial charge on any atom is 0.191 e. The zero-order valence-corrected chi connectivity index (χ0v) is 20.6. The van der Waals surface area contributed by atoms with Crippen LogP contribution in [0, 0.1) is 0 Å². The van der Waals surface area contributed by atoms with Crippen LogP contribution in [0.4, 0.5) is 0 Å². The molecule has 6 nitrogen and oxygen atoms in total. The van der Waals surface area contributed by atoms with Crippen LogP contribution < -0.4 is 10.6 Å². The highest BCUT2D eigenvalue weighted by molar-refractivity contribution is 14.0. The summed E-state index contributed by atoms with van der Waals surface area (Å²) in [5.41, 5.74) is 2.92. The first kappa shape index (κ1) is 23.4. The van der Waals surface area contributed by atoms with Gasteiger partial charge in [0.15, 0.2) is 5.96 Å². The Morgan fingerprint density at radius 1 is 1.32 bits per heavy atom. The van der Waals surface area contributed by atoms with Gasteiger partial charge in [-0.05, 0) is 59.2 Å². The number of aromatic nitrogens is 2. The number of aryl methyl sites for hydroxylation is 1. The normalized spacial score (nSPS) is 22.0. The maximum atomic E-state index is 4.80. The molecule has 3 rings (SSSR count). The molecule has 160 valence electrons. The lowest BCUT2D eigenvalue weighted by atomic mass is 9.80. The van der Waals surface area contributed by atoms with E-state index in [1.54, 1.807) is 0 Å². The van der Waals surface area contributed by atoms with E-state index in [0.717, 1.165) is 31.8 Å². The number of aliphatic imine (C=N–C) groups is 1. The van der Waals surface area contributed by atoms with Crippen LogP contribution in [-0.4, -0.2) is 59.9 Å². The van der Waals surface area contributed by atoms with Crippen LogP contribution in [0.1, 0.15) is 69.7 Å². The van der Waals surface area contributed by atoms with E-state index in [9.17, 15) is 0 Å². The standard InChI is InChI=1S/C21H38N6.HI/c1-16(2)27-14-17-9-10-18(13-19(17)25-27)24-20(22-3)23-15-21(26(4)5)11-7-6-8-12-21;/h14,16,18H,6-13,15H2,1-5H3,(H2,22,23,24);1H. The summed E-state index contributed by atoms with van der Waals surface area (Å²) in [6.07, 6.45) is 12.0. The van der Waals surface area contributed by atoms with Crippen molar-refractivity contribution in [3.63, 3.8) is 0 Å². The first-order chi connectivity index (χ1) is 12.9. The SMILES string of the molecule is CN=C(NCC1(N(C)C)CCCCC1)NC1CCc2cn(C(C)C)nc2C1.I. The Balaban J connectivity index is 0.00000280. The Bertz CT molecular complexity index is 645. The smallest absolute Gasteiger partial charge is 0.191 e. The molecule has 1 saturated carbocycles. The lowest BCUT2D eigenvalue weighted by Crippen LogP contribution is -2.56. The molecule has 1 atom stereocenters. The van der Waals surface area contributed by atoms with Gasteiger partial charge >= 0.3 is 0 Å². The number of nitrogens with one attached hydrogen (secondary N) is 2. The molecule has 7 heteroatoms. The van der Waals surface area contributed by atoms with Crippen molar-refractivity contribution in [1.82, 2.24) is 25.3 Å². The molecule has 2 aliphatic rings. The van der Waals surface area contributed by atoms with Crippen molar-refractivity contribution < 1.29 is 0 Å². The summed E-state index contributed by atoms with van der Waals surface area (Å²) >= 11 is 0. The van der Waals surface area contributed by atoms with Crippen LogP contribution in [-0.2, 0) is 12.8 Å². The summed E-state index contributed by atoms with van der Waals surface area (Å²) in [6.45, 7) is 5.33. The van der Waals surface area contributed by atoms with Gasteiger partial charge in [0.05, 0.1) is 5.69 Å². The highest BCUT2D eigenvalue weighted by atomic mass is 127. The topological polar surface area (TPSA) is 57.5 Å². The van der Waals surface area contributed by atoms with E-state index in [0.29, 0.717) is 12.1 Å². The van der Waals surface area contributed by atoms with Gasteiger partial charge in [-0.1, -0.05) is 19.3 Å². The zero-order chi connectivity index (χ0) is 19.4. The molecule has 2 aliphatic carbocycles. The van der Waals surface area contributed by atoms with Gasteiger partial charge in [0.2, 0.25) is 0 Å². The van der Waals surface area contributed by atoms with Gasteiger partial charge in [-0.25, -0.2) is 0 Å². The molecule has 0 radical (unpaired) electrons. The first-order valence-electron chi connectivity index (χ1n) is 10.6. The van der Waals surface area contributed by atoms with E-state index in [2.05, 4.69) is 59.3 Å². The fourth-order valence-corrected chi connectivity index (χ4v) is 4.53. The Morgan fingerprint density at radius 2 is 2.04 bits per heavy atom. The van der Waals surface area contributed by atoms with Crippen LogP contribution in [0.5, 0.6) is 0 Å². The summed E-state index contributed by atoms with van der Waals surface area (Å²) in [5, 5.41) is 12.1. The molecular formula is C21H39IN6. The molecule has 0 saturated heterocycles. The van der Waals surface area contributed by atoms with Gasteiger partial charge < -0.3 is 15.5 Å². The molecule has 2 N–H and O–H groups in total. The van der Waals surface area contributed by atoms with Crippen LogP contribution in [0.15, 0.2) is 11.2 Å². The molecule has 1 aromatic heterocycles. The quantitative estimate of drug-likeness (QED) is 0.369. The summed E-state index contributed by atoms with van der Waals surface area (Å²) in [7, 11) is 6.31. The monoisotopic (exact) mass is 502 g/mol. The third-order valence-electron chi connectivity index (χ3n) is 6.51. The largest absolute Gasteiger partial charge is 0.355 e. The van der Waals surface area contributed by atoms with E-state index in [-0.39, 0.29) is 29.5 Å². The van der Waals surface area contributed by atoms with E-state index >= 15 is 0 Å². The van der Waals surface area contributed by atoms with Crippen molar-refractivity contribution in [2.75, 3.05) is 27.7 Å². The van der Waals surface area contributed by atoms with Gasteiger partial charge in [0.25, 0.3) is 0 Å². The predicted octanol–water partition coefficient (Wildman–Crippen LogP) is 3.37. The Kier molecular flexibility index (Phi) is 8.60. The molecular weight excluding hydrogens is 463 g/mol. The zero-order valence-electron chi connectivity index (χ0n) is 18.3. The summed E-state index contributed by atoms with van der Waals surface area (Å²) < 4.78 is 2.10. The Morgan fingerprint density at radius 3 is 2.64 bits per heavy atom. The number of hydrogen-bond donors (Lipinski definition) is 2. The number of halogens is 1. The minimum atomic E-state index is 0. The minimum Gasteiger partial charge on any atom is -0.355 e. The molecule has 1 heterocycles. The van der Waals surface area contributed by atoms with Crippen molar-refractivity contribution in [2.45, 2.75) is 82.8 Å². The number of guanidine groups is 1. The Hall–Kier alpha value is -0.830. The second kappa shape index (κ2) is 10.3. The van der Waals surface area contributed by atoms with Gasteiger partial charge in [-0.15, -0.1) is 24.0 Å². The Labute approximate surface area is 187 Å². The fourth-order valence-electron chi connectivity index (χ4n) is 4.53. The average molecular weight is 502 g/mol. The molecule has 0 aromatic carbocycles. The molecule has 0 aliphatic heterocycles. The summed E-state index contributed by atoms with van der Waals surface area (Å²) in [6, 6.07) is 0.829. The second-order valence-electron chi connectivity index (χ2n) is 8.86. The number of hydrogen-bond acceptors (Lipinski definition) is 3. The summed E-state index contributed by atoms with van der Waals surface area (Å²) in [5.74, 6) is 0.929. The van der Waals surface area contributed by atoms with Gasteiger partial charge in [-0.3, -0.25) is 9.67 Å². The predicted molar refractivity (Wildman–Crippen MR) is 128 cm³/mol. The van der Waals surface area contributed by atoms with Crippen LogP contribution >= 0.6 is 24.0 Å². The van der Waals surface area contributed by atoms with Crippen molar-refractivity contribution in [2.24, 2.45) is 4.99 Å². The lowest BCUT2D eigenvalue weighted by molar-refractivity contribution is 0.104. The average Bonchev–Trinajstić information content (AvgIpc) is 3.09. The van der Waals surface area contributed by atoms with Gasteiger partial charge in [0.1, 0.15) is 0 Å². The third kappa shape index (κ3) is 5.40. The molecule has 1 unspecified atom stereocenters. The molecule has 0 amide bonds. The molecule has 28 heavy (non-hydrogen) atoms. The second-order valence-corrected chi connectivity index (χ2v) is 8.86. The van der Waals surface area contributed by atoms with E-state index in [1.165, 1.54) is 43.4 Å². The molecule has 1 fully saturated rings. The van der Waals surface area contributed by atoms with Crippen molar-refractivity contribution in [1.29, 1.82) is 0 Å². The minimum absolute atomic E-state index is 0. The molecule has 0 spiro atoms. The van der Waals surface area contributed by atoms with Crippen LogP contribution in [0.2, 0.25) is 0 Å². The maximum absolute atomic E-state index is 4.80. The lowest BCUT2D eigenvalue weighted by Gasteiger charge is -2.43. The summed E-state index contributed by atoms with van der Waals surface area (Å²) in [4.78, 5) is 6.91. The number of fused-ring (bicyclic) bond motifs is 1. The van der Waals surface area contributed by atoms with Crippen molar-refractivity contribution >= 4 is 29.9 Å².